The van der Waals surface area contributed by atoms with Crippen LogP contribution in [0.5, 0.6) is 0 Å². The van der Waals surface area contributed by atoms with Crippen LogP contribution in [-0.2, 0) is 11.3 Å². The molecule has 1 fully saturated rings. The van der Waals surface area contributed by atoms with Gasteiger partial charge in [-0.3, -0.25) is 9.59 Å². The molecule has 2 amide bonds. The molecule has 0 aliphatic heterocycles. The highest BCUT2D eigenvalue weighted by molar-refractivity contribution is 6.04. The van der Waals surface area contributed by atoms with E-state index in [-0.39, 0.29) is 17.7 Å². The molecule has 0 saturated heterocycles. The molecule has 0 spiro atoms. The second-order valence-corrected chi connectivity index (χ2v) is 7.16. The number of amides is 2. The molecule has 28 heavy (non-hydrogen) atoms. The molecule has 2 N–H and O–H groups in total. The van der Waals surface area contributed by atoms with E-state index in [0.29, 0.717) is 23.6 Å². The molecular formula is C22H22N4O2. The number of carbonyl (C=O) groups excluding carboxylic acids is 2. The Bertz CT molecular complexity index is 1000. The number of carbonyl (C=O) groups is 2. The molecule has 0 radical (unpaired) electrons. The lowest BCUT2D eigenvalue weighted by Gasteiger charge is -2.10. The number of anilines is 2. The number of nitrogens with zero attached hydrogens (tertiary/aromatic N) is 2. The number of rotatable bonds is 6. The zero-order chi connectivity index (χ0) is 19.5. The maximum absolute atomic E-state index is 12.6. The molecule has 3 aromatic rings. The molecule has 6 nitrogen and oxygen atoms in total. The fraction of sp³-hybridized carbons (Fsp3) is 0.227. The van der Waals surface area contributed by atoms with Gasteiger partial charge in [0.15, 0.2) is 0 Å². The van der Waals surface area contributed by atoms with Crippen molar-refractivity contribution in [3.8, 4) is 0 Å². The minimum absolute atomic E-state index is 0.0530. The van der Waals surface area contributed by atoms with Gasteiger partial charge in [0.05, 0.1) is 12.7 Å². The van der Waals surface area contributed by atoms with Gasteiger partial charge in [0.2, 0.25) is 5.91 Å². The van der Waals surface area contributed by atoms with Crippen LogP contribution in [0.4, 0.5) is 11.5 Å². The first-order valence-electron chi connectivity index (χ1n) is 9.38. The Morgan fingerprint density at radius 2 is 1.86 bits per heavy atom. The van der Waals surface area contributed by atoms with Gasteiger partial charge < -0.3 is 10.6 Å². The highest BCUT2D eigenvalue weighted by atomic mass is 16.2. The van der Waals surface area contributed by atoms with E-state index in [9.17, 15) is 9.59 Å². The Kier molecular flexibility index (Phi) is 4.93. The summed E-state index contributed by atoms with van der Waals surface area (Å²) in [6, 6.07) is 16.9. The van der Waals surface area contributed by atoms with Crippen molar-refractivity contribution in [3.63, 3.8) is 0 Å². The summed E-state index contributed by atoms with van der Waals surface area (Å²) in [5, 5.41) is 10.1. The van der Waals surface area contributed by atoms with Crippen molar-refractivity contribution in [2.24, 2.45) is 5.92 Å². The van der Waals surface area contributed by atoms with E-state index >= 15 is 0 Å². The molecule has 142 valence electrons. The third kappa shape index (κ3) is 4.28. The minimum atomic E-state index is -0.217. The maximum atomic E-state index is 12.6. The maximum Gasteiger partial charge on any atom is 0.256 e. The summed E-state index contributed by atoms with van der Waals surface area (Å²) >= 11 is 0. The fourth-order valence-corrected chi connectivity index (χ4v) is 3.03. The molecular weight excluding hydrogens is 352 g/mol. The SMILES string of the molecule is Cc1cccc(Cn2nccc2NC(=O)c2ccc(NC(=O)C3CC3)cc2)c1. The lowest BCUT2D eigenvalue weighted by atomic mass is 10.1. The van der Waals surface area contributed by atoms with E-state index < -0.39 is 0 Å². The first-order valence-corrected chi connectivity index (χ1v) is 9.38. The summed E-state index contributed by atoms with van der Waals surface area (Å²) in [5.41, 5.74) is 3.53. The topological polar surface area (TPSA) is 76.0 Å². The monoisotopic (exact) mass is 374 g/mol. The van der Waals surface area contributed by atoms with Crippen LogP contribution in [0.15, 0.2) is 60.8 Å². The average Bonchev–Trinajstić information content (AvgIpc) is 3.45. The van der Waals surface area contributed by atoms with Crippen LogP contribution in [0.25, 0.3) is 0 Å². The van der Waals surface area contributed by atoms with Crippen LogP contribution in [0, 0.1) is 12.8 Å². The smallest absolute Gasteiger partial charge is 0.256 e. The zero-order valence-corrected chi connectivity index (χ0v) is 15.7. The Morgan fingerprint density at radius 3 is 2.57 bits per heavy atom. The lowest BCUT2D eigenvalue weighted by Crippen LogP contribution is -2.17. The second kappa shape index (κ2) is 7.68. The van der Waals surface area contributed by atoms with Gasteiger partial charge in [0, 0.05) is 23.2 Å². The van der Waals surface area contributed by atoms with Crippen molar-refractivity contribution in [2.75, 3.05) is 10.6 Å². The number of hydrogen-bond acceptors (Lipinski definition) is 3. The quantitative estimate of drug-likeness (QED) is 0.688. The minimum Gasteiger partial charge on any atom is -0.326 e. The Morgan fingerprint density at radius 1 is 1.07 bits per heavy atom. The Balaban J connectivity index is 1.41. The van der Waals surface area contributed by atoms with Crippen LogP contribution in [0.3, 0.4) is 0 Å². The van der Waals surface area contributed by atoms with Gasteiger partial charge in [-0.15, -0.1) is 0 Å². The van der Waals surface area contributed by atoms with Crippen molar-refractivity contribution < 1.29 is 9.59 Å². The molecule has 0 bridgehead atoms. The molecule has 0 atom stereocenters. The molecule has 1 aliphatic rings. The van der Waals surface area contributed by atoms with E-state index in [4.69, 9.17) is 0 Å². The molecule has 1 heterocycles. The predicted octanol–water partition coefficient (Wildman–Crippen LogP) is 3.84. The van der Waals surface area contributed by atoms with Crippen molar-refractivity contribution in [2.45, 2.75) is 26.3 Å². The largest absolute Gasteiger partial charge is 0.326 e. The molecule has 1 aliphatic carbocycles. The summed E-state index contributed by atoms with van der Waals surface area (Å²) in [7, 11) is 0. The highest BCUT2D eigenvalue weighted by Crippen LogP contribution is 2.30. The van der Waals surface area contributed by atoms with Gasteiger partial charge in [-0.1, -0.05) is 29.8 Å². The second-order valence-electron chi connectivity index (χ2n) is 7.16. The summed E-state index contributed by atoms with van der Waals surface area (Å²) in [6.45, 7) is 2.63. The van der Waals surface area contributed by atoms with Gasteiger partial charge in [0.1, 0.15) is 5.82 Å². The lowest BCUT2D eigenvalue weighted by molar-refractivity contribution is -0.117. The van der Waals surface area contributed by atoms with Crippen LogP contribution in [-0.4, -0.2) is 21.6 Å². The normalized spacial score (nSPS) is 13.2. The van der Waals surface area contributed by atoms with Crippen LogP contribution < -0.4 is 10.6 Å². The van der Waals surface area contributed by atoms with E-state index in [1.165, 1.54) is 5.56 Å². The molecule has 6 heteroatoms. The summed E-state index contributed by atoms with van der Waals surface area (Å²) in [6.07, 6.45) is 3.59. The number of aromatic nitrogens is 2. The van der Waals surface area contributed by atoms with E-state index in [1.807, 2.05) is 25.1 Å². The zero-order valence-electron chi connectivity index (χ0n) is 15.7. The number of hydrogen-bond donors (Lipinski definition) is 2. The molecule has 1 saturated carbocycles. The standard InChI is InChI=1S/C22H22N4O2/c1-15-3-2-4-16(13-15)14-26-20(11-12-23-26)25-22(28)18-7-9-19(10-8-18)24-21(27)17-5-6-17/h2-4,7-13,17H,5-6,14H2,1H3,(H,24,27)(H,25,28). The van der Waals surface area contributed by atoms with Gasteiger partial charge in [-0.2, -0.15) is 5.10 Å². The van der Waals surface area contributed by atoms with Crippen molar-refractivity contribution in [1.82, 2.24) is 9.78 Å². The summed E-state index contributed by atoms with van der Waals surface area (Å²) < 4.78 is 1.76. The fourth-order valence-electron chi connectivity index (χ4n) is 3.03. The third-order valence-electron chi connectivity index (χ3n) is 4.74. The van der Waals surface area contributed by atoms with Crippen LogP contribution >= 0.6 is 0 Å². The van der Waals surface area contributed by atoms with E-state index in [0.717, 1.165) is 18.4 Å². The first-order chi connectivity index (χ1) is 13.6. The van der Waals surface area contributed by atoms with Gasteiger partial charge in [-0.05, 0) is 49.6 Å². The molecule has 2 aromatic carbocycles. The first kappa shape index (κ1) is 18.0. The third-order valence-corrected chi connectivity index (χ3v) is 4.74. The van der Waals surface area contributed by atoms with Crippen molar-refractivity contribution >= 4 is 23.3 Å². The Labute approximate surface area is 163 Å². The van der Waals surface area contributed by atoms with Crippen LogP contribution in [0.1, 0.15) is 34.3 Å². The van der Waals surface area contributed by atoms with E-state index in [2.05, 4.69) is 21.8 Å². The average molecular weight is 374 g/mol. The van der Waals surface area contributed by atoms with Gasteiger partial charge >= 0.3 is 0 Å². The van der Waals surface area contributed by atoms with Gasteiger partial charge in [0.25, 0.3) is 5.91 Å². The van der Waals surface area contributed by atoms with Crippen molar-refractivity contribution in [1.29, 1.82) is 0 Å². The summed E-state index contributed by atoms with van der Waals surface area (Å²) in [5.74, 6) is 0.623. The van der Waals surface area contributed by atoms with Crippen LogP contribution in [0.2, 0.25) is 0 Å². The van der Waals surface area contributed by atoms with Crippen molar-refractivity contribution in [3.05, 3.63) is 77.5 Å². The molecule has 4 rings (SSSR count). The molecule has 1 aromatic heterocycles. The predicted molar refractivity (Wildman–Crippen MR) is 108 cm³/mol. The van der Waals surface area contributed by atoms with Gasteiger partial charge in [-0.25, -0.2) is 4.68 Å². The Hall–Kier alpha value is -3.41. The number of benzene rings is 2. The highest BCUT2D eigenvalue weighted by Gasteiger charge is 2.29. The number of nitrogens with one attached hydrogen (secondary N) is 2. The van der Waals surface area contributed by atoms with E-state index in [1.54, 1.807) is 41.2 Å². The molecule has 0 unspecified atom stereocenters. The number of aryl methyl sites for hydroxylation is 1. The summed E-state index contributed by atoms with van der Waals surface area (Å²) in [4.78, 5) is 24.4.